The molecule has 0 atom stereocenters. The summed E-state index contributed by atoms with van der Waals surface area (Å²) in [4.78, 5) is 11.3. The topological polar surface area (TPSA) is 84.7 Å². The number of fused-ring (bicyclic) bond motifs is 2. The maximum Gasteiger partial charge on any atom is 0.163 e. The molecule has 0 bridgehead atoms. The van der Waals surface area contributed by atoms with Crippen LogP contribution in [0.2, 0.25) is 0 Å². The van der Waals surface area contributed by atoms with Gasteiger partial charge in [-0.2, -0.15) is 10.2 Å². The first kappa shape index (κ1) is 16.4. The Morgan fingerprint density at radius 3 is 2.89 bits per heavy atom. The Morgan fingerprint density at radius 2 is 2.00 bits per heavy atom. The molecule has 0 unspecified atom stereocenters. The second-order valence-corrected chi connectivity index (χ2v) is 7.66. The molecule has 27 heavy (non-hydrogen) atoms. The molecule has 1 saturated heterocycles. The fourth-order valence-electron chi connectivity index (χ4n) is 4.03. The number of nitrogens with zero attached hydrogens (tertiary/aromatic N) is 7. The quantitative estimate of drug-likeness (QED) is 0.757. The largest absolute Gasteiger partial charge is 0.369 e. The summed E-state index contributed by atoms with van der Waals surface area (Å²) < 4.78 is 1.79. The highest BCUT2D eigenvalue weighted by Gasteiger charge is 2.29. The van der Waals surface area contributed by atoms with E-state index < -0.39 is 0 Å². The van der Waals surface area contributed by atoms with Gasteiger partial charge in [-0.05, 0) is 44.2 Å². The van der Waals surface area contributed by atoms with Gasteiger partial charge in [0.1, 0.15) is 11.6 Å². The predicted octanol–water partition coefficient (Wildman–Crippen LogP) is 1.89. The molecule has 0 aromatic carbocycles. The summed E-state index contributed by atoms with van der Waals surface area (Å²) in [5.74, 6) is 3.23. The van der Waals surface area contributed by atoms with Gasteiger partial charge < -0.3 is 10.2 Å². The van der Waals surface area contributed by atoms with Crippen LogP contribution >= 0.6 is 0 Å². The van der Waals surface area contributed by atoms with Crippen molar-refractivity contribution in [1.82, 2.24) is 29.9 Å². The Labute approximate surface area is 158 Å². The van der Waals surface area contributed by atoms with Crippen LogP contribution in [-0.4, -0.2) is 49.6 Å². The zero-order valence-corrected chi connectivity index (χ0v) is 15.8. The summed E-state index contributed by atoms with van der Waals surface area (Å²) in [5.41, 5.74) is 3.45. The molecule has 8 heteroatoms. The summed E-state index contributed by atoms with van der Waals surface area (Å²) in [6.07, 6.45) is 6.56. The van der Waals surface area contributed by atoms with Crippen molar-refractivity contribution >= 4 is 22.7 Å². The first-order chi connectivity index (χ1) is 13.2. The first-order valence-corrected chi connectivity index (χ1v) is 9.68. The standard InChI is InChI=1S/C19H24N8/c1-12-22-18(15-9-21-26(2)19(15)23-12)20-8-13-10-27(11-13)17-7-14-5-3-4-6-16(14)24-25-17/h7,9,13H,3-6,8,10-11H2,1-2H3,(H,20,22,23). The molecule has 1 N–H and O–H groups in total. The molecule has 0 radical (unpaired) electrons. The van der Waals surface area contributed by atoms with E-state index in [0.717, 1.165) is 61.0 Å². The molecular weight excluding hydrogens is 340 g/mol. The third-order valence-corrected chi connectivity index (χ3v) is 5.60. The lowest BCUT2D eigenvalue weighted by Crippen LogP contribution is -2.50. The van der Waals surface area contributed by atoms with Gasteiger partial charge in [0.2, 0.25) is 0 Å². The normalized spacial score (nSPS) is 17.0. The van der Waals surface area contributed by atoms with Gasteiger partial charge in [-0.15, -0.1) is 5.10 Å². The van der Waals surface area contributed by atoms with Crippen LogP contribution in [0, 0.1) is 12.8 Å². The summed E-state index contributed by atoms with van der Waals surface area (Å²) in [7, 11) is 1.90. The number of nitrogens with one attached hydrogen (secondary N) is 1. The second-order valence-electron chi connectivity index (χ2n) is 7.66. The third kappa shape index (κ3) is 2.98. The number of anilines is 2. The van der Waals surface area contributed by atoms with E-state index in [4.69, 9.17) is 0 Å². The van der Waals surface area contributed by atoms with Gasteiger partial charge in [0.15, 0.2) is 11.5 Å². The molecule has 5 rings (SSSR count). The Kier molecular flexibility index (Phi) is 3.91. The van der Waals surface area contributed by atoms with Crippen molar-refractivity contribution in [3.8, 4) is 0 Å². The van der Waals surface area contributed by atoms with Crippen LogP contribution in [0.25, 0.3) is 11.0 Å². The fourth-order valence-corrected chi connectivity index (χ4v) is 4.03. The zero-order chi connectivity index (χ0) is 18.4. The average Bonchev–Trinajstić information content (AvgIpc) is 3.01. The molecule has 3 aromatic rings. The molecule has 2 aliphatic rings. The molecule has 1 fully saturated rings. The number of rotatable bonds is 4. The minimum atomic E-state index is 0.574. The molecular formula is C19H24N8. The van der Waals surface area contributed by atoms with Crippen molar-refractivity contribution in [2.75, 3.05) is 29.9 Å². The van der Waals surface area contributed by atoms with Gasteiger partial charge in [-0.1, -0.05) is 0 Å². The van der Waals surface area contributed by atoms with E-state index in [2.05, 4.69) is 41.5 Å². The molecule has 0 spiro atoms. The lowest BCUT2D eigenvalue weighted by atomic mass is 9.95. The molecule has 0 saturated carbocycles. The highest BCUT2D eigenvalue weighted by Crippen LogP contribution is 2.27. The SMILES string of the molecule is Cc1nc(NCC2CN(c3cc4c(nn3)CCCC4)C2)c2cnn(C)c2n1. The lowest BCUT2D eigenvalue weighted by molar-refractivity contribution is 0.424. The Morgan fingerprint density at radius 1 is 1.15 bits per heavy atom. The van der Waals surface area contributed by atoms with E-state index in [1.165, 1.54) is 24.1 Å². The van der Waals surface area contributed by atoms with Crippen molar-refractivity contribution < 1.29 is 0 Å². The monoisotopic (exact) mass is 364 g/mol. The highest BCUT2D eigenvalue weighted by molar-refractivity contribution is 5.86. The summed E-state index contributed by atoms with van der Waals surface area (Å²) in [6.45, 7) is 4.80. The number of hydrogen-bond donors (Lipinski definition) is 1. The Hall–Kier alpha value is -2.77. The maximum atomic E-state index is 4.56. The van der Waals surface area contributed by atoms with E-state index in [-0.39, 0.29) is 0 Å². The molecule has 3 aromatic heterocycles. The van der Waals surface area contributed by atoms with Crippen molar-refractivity contribution in [1.29, 1.82) is 0 Å². The van der Waals surface area contributed by atoms with E-state index in [9.17, 15) is 0 Å². The highest BCUT2D eigenvalue weighted by atomic mass is 15.3. The van der Waals surface area contributed by atoms with Crippen LogP contribution in [0.5, 0.6) is 0 Å². The van der Waals surface area contributed by atoms with E-state index in [0.29, 0.717) is 5.92 Å². The molecule has 1 aliphatic heterocycles. The van der Waals surface area contributed by atoms with Crippen molar-refractivity contribution in [2.45, 2.75) is 32.6 Å². The molecule has 4 heterocycles. The molecule has 0 amide bonds. The van der Waals surface area contributed by atoms with Gasteiger partial charge in [0, 0.05) is 32.6 Å². The summed E-state index contributed by atoms with van der Waals surface area (Å²) in [5, 5.41) is 17.7. The van der Waals surface area contributed by atoms with Crippen LogP contribution in [0.15, 0.2) is 12.3 Å². The molecule has 1 aliphatic carbocycles. The van der Waals surface area contributed by atoms with Gasteiger partial charge in [-0.3, -0.25) is 4.68 Å². The van der Waals surface area contributed by atoms with E-state index in [1.54, 1.807) is 4.68 Å². The predicted molar refractivity (Wildman–Crippen MR) is 104 cm³/mol. The van der Waals surface area contributed by atoms with Gasteiger partial charge in [0.25, 0.3) is 0 Å². The third-order valence-electron chi connectivity index (χ3n) is 5.60. The fraction of sp³-hybridized carbons (Fsp3) is 0.526. The number of hydrogen-bond acceptors (Lipinski definition) is 7. The van der Waals surface area contributed by atoms with Crippen molar-refractivity contribution in [3.63, 3.8) is 0 Å². The number of aryl methyl sites for hydroxylation is 4. The summed E-state index contributed by atoms with van der Waals surface area (Å²) in [6, 6.07) is 2.25. The summed E-state index contributed by atoms with van der Waals surface area (Å²) >= 11 is 0. The van der Waals surface area contributed by atoms with Crippen molar-refractivity contribution in [3.05, 3.63) is 29.3 Å². The maximum absolute atomic E-state index is 4.56. The molecule has 140 valence electrons. The minimum absolute atomic E-state index is 0.574. The van der Waals surface area contributed by atoms with Gasteiger partial charge >= 0.3 is 0 Å². The lowest BCUT2D eigenvalue weighted by Gasteiger charge is -2.40. The van der Waals surface area contributed by atoms with Crippen LogP contribution in [0.3, 0.4) is 0 Å². The van der Waals surface area contributed by atoms with Crippen LogP contribution < -0.4 is 10.2 Å². The Bertz CT molecular complexity index is 989. The van der Waals surface area contributed by atoms with Gasteiger partial charge in [-0.25, -0.2) is 9.97 Å². The average molecular weight is 364 g/mol. The minimum Gasteiger partial charge on any atom is -0.369 e. The second kappa shape index (κ2) is 6.44. The van der Waals surface area contributed by atoms with E-state index in [1.807, 2.05) is 20.2 Å². The number of aromatic nitrogens is 6. The van der Waals surface area contributed by atoms with Crippen LogP contribution in [0.4, 0.5) is 11.6 Å². The van der Waals surface area contributed by atoms with E-state index >= 15 is 0 Å². The zero-order valence-electron chi connectivity index (χ0n) is 15.8. The first-order valence-electron chi connectivity index (χ1n) is 9.68. The van der Waals surface area contributed by atoms with Crippen molar-refractivity contribution in [2.24, 2.45) is 13.0 Å². The molecule has 8 nitrogen and oxygen atoms in total. The smallest absolute Gasteiger partial charge is 0.163 e. The van der Waals surface area contributed by atoms with Gasteiger partial charge in [0.05, 0.1) is 17.3 Å². The van der Waals surface area contributed by atoms with Crippen LogP contribution in [-0.2, 0) is 19.9 Å². The Balaban J connectivity index is 1.23. The van der Waals surface area contributed by atoms with Crippen LogP contribution in [0.1, 0.15) is 29.9 Å².